The Morgan fingerprint density at radius 2 is 1.90 bits per heavy atom. The Morgan fingerprint density at radius 1 is 1.19 bits per heavy atom. The number of amides is 2. The molecular weight excluding hydrogens is 270 g/mol. The molecule has 0 atom stereocenters. The van der Waals surface area contributed by atoms with Gasteiger partial charge in [0.2, 0.25) is 0 Å². The van der Waals surface area contributed by atoms with Gasteiger partial charge in [-0.15, -0.1) is 0 Å². The molecule has 6 nitrogen and oxygen atoms in total. The van der Waals surface area contributed by atoms with E-state index in [9.17, 15) is 9.59 Å². The fourth-order valence-corrected chi connectivity index (χ4v) is 1.85. The van der Waals surface area contributed by atoms with Crippen LogP contribution in [0.5, 0.6) is 0 Å². The first-order chi connectivity index (χ1) is 9.90. The van der Waals surface area contributed by atoms with E-state index in [4.69, 9.17) is 5.11 Å². The van der Waals surface area contributed by atoms with Crippen molar-refractivity contribution in [3.63, 3.8) is 0 Å². The van der Waals surface area contributed by atoms with Gasteiger partial charge in [0, 0.05) is 20.1 Å². The predicted molar refractivity (Wildman–Crippen MR) is 81.4 cm³/mol. The number of hydrogen-bond donors (Lipinski definition) is 2. The lowest BCUT2D eigenvalue weighted by molar-refractivity contribution is 0.0696. The lowest BCUT2D eigenvalue weighted by Crippen LogP contribution is -2.38. The van der Waals surface area contributed by atoms with Gasteiger partial charge < -0.3 is 20.2 Å². The number of rotatable bonds is 7. The van der Waals surface area contributed by atoms with Crippen LogP contribution in [0.15, 0.2) is 24.3 Å². The monoisotopic (exact) mass is 293 g/mol. The number of benzene rings is 1. The van der Waals surface area contributed by atoms with Gasteiger partial charge in [-0.05, 0) is 44.8 Å². The molecule has 1 rings (SSSR count). The first kappa shape index (κ1) is 17.0. The summed E-state index contributed by atoms with van der Waals surface area (Å²) in [5.74, 6) is -0.969. The third kappa shape index (κ3) is 6.27. The molecule has 0 radical (unpaired) electrons. The molecule has 0 aliphatic rings. The van der Waals surface area contributed by atoms with E-state index in [0.29, 0.717) is 13.1 Å². The van der Waals surface area contributed by atoms with Crippen LogP contribution in [0.3, 0.4) is 0 Å². The lowest BCUT2D eigenvalue weighted by Gasteiger charge is -2.19. The zero-order valence-electron chi connectivity index (χ0n) is 12.8. The molecule has 0 heterocycles. The van der Waals surface area contributed by atoms with Gasteiger partial charge in [-0.2, -0.15) is 0 Å². The van der Waals surface area contributed by atoms with Gasteiger partial charge in [-0.3, -0.25) is 0 Å². The topological polar surface area (TPSA) is 72.9 Å². The number of aromatic carboxylic acids is 1. The van der Waals surface area contributed by atoms with E-state index in [2.05, 4.69) is 10.2 Å². The fraction of sp³-hybridized carbons (Fsp3) is 0.467. The zero-order chi connectivity index (χ0) is 15.8. The van der Waals surface area contributed by atoms with Gasteiger partial charge in [0.15, 0.2) is 0 Å². The third-order valence-corrected chi connectivity index (χ3v) is 3.06. The predicted octanol–water partition coefficient (Wildman–Crippen LogP) is 1.48. The van der Waals surface area contributed by atoms with E-state index in [0.717, 1.165) is 18.5 Å². The van der Waals surface area contributed by atoms with Crippen LogP contribution >= 0.6 is 0 Å². The second-order valence-electron chi connectivity index (χ2n) is 5.24. The van der Waals surface area contributed by atoms with Crippen LogP contribution in [0.4, 0.5) is 4.79 Å². The number of urea groups is 1. The summed E-state index contributed by atoms with van der Waals surface area (Å²) in [4.78, 5) is 26.5. The maximum atomic E-state index is 11.9. The molecule has 2 amide bonds. The summed E-state index contributed by atoms with van der Waals surface area (Å²) in [5, 5.41) is 11.7. The molecule has 2 N–H and O–H groups in total. The maximum Gasteiger partial charge on any atom is 0.335 e. The molecule has 6 heteroatoms. The maximum absolute atomic E-state index is 11.9. The average molecular weight is 293 g/mol. The summed E-state index contributed by atoms with van der Waals surface area (Å²) in [6.07, 6.45) is 0.908. The molecule has 0 fully saturated rings. The number of carboxylic acid groups (broad SMARTS) is 1. The van der Waals surface area contributed by atoms with Gasteiger partial charge in [-0.1, -0.05) is 12.1 Å². The summed E-state index contributed by atoms with van der Waals surface area (Å²) in [7, 11) is 5.74. The molecule has 1 aromatic rings. The van der Waals surface area contributed by atoms with Crippen molar-refractivity contribution in [3.8, 4) is 0 Å². The molecule has 0 aromatic heterocycles. The van der Waals surface area contributed by atoms with Crippen LogP contribution in [0.2, 0.25) is 0 Å². The van der Waals surface area contributed by atoms with Crippen LogP contribution in [-0.4, -0.2) is 61.1 Å². The summed E-state index contributed by atoms with van der Waals surface area (Å²) in [6, 6.07) is 6.40. The Kier molecular flexibility index (Phi) is 6.68. The Balaban J connectivity index is 2.41. The molecule has 0 saturated heterocycles. The Hall–Kier alpha value is -2.08. The minimum Gasteiger partial charge on any atom is -0.478 e. The number of carbonyl (C=O) groups excluding carboxylic acids is 1. The molecule has 0 spiro atoms. The van der Waals surface area contributed by atoms with Crippen LogP contribution in [0.1, 0.15) is 22.3 Å². The highest BCUT2D eigenvalue weighted by atomic mass is 16.4. The van der Waals surface area contributed by atoms with Gasteiger partial charge in [-0.25, -0.2) is 9.59 Å². The smallest absolute Gasteiger partial charge is 0.335 e. The fourth-order valence-electron chi connectivity index (χ4n) is 1.85. The summed E-state index contributed by atoms with van der Waals surface area (Å²) >= 11 is 0. The van der Waals surface area contributed by atoms with E-state index in [1.54, 1.807) is 30.1 Å². The standard InChI is InChI=1S/C15H23N3O3/c1-17(2)8-5-9-18(3)15(21)16-11-12-6-4-7-13(10-12)14(19)20/h4,6-7,10H,5,8-9,11H2,1-3H3,(H,16,21)(H,19,20). The van der Waals surface area contributed by atoms with E-state index in [1.807, 2.05) is 14.1 Å². The van der Waals surface area contributed by atoms with Crippen molar-refractivity contribution >= 4 is 12.0 Å². The van der Waals surface area contributed by atoms with Crippen LogP contribution < -0.4 is 5.32 Å². The van der Waals surface area contributed by atoms with Crippen molar-refractivity contribution in [1.82, 2.24) is 15.1 Å². The number of hydrogen-bond acceptors (Lipinski definition) is 3. The van der Waals surface area contributed by atoms with Crippen molar-refractivity contribution < 1.29 is 14.7 Å². The van der Waals surface area contributed by atoms with Crippen LogP contribution in [0, 0.1) is 0 Å². The highest BCUT2D eigenvalue weighted by Crippen LogP contribution is 2.05. The Labute approximate surface area is 125 Å². The van der Waals surface area contributed by atoms with E-state index in [-0.39, 0.29) is 11.6 Å². The van der Waals surface area contributed by atoms with Crippen LogP contribution in [-0.2, 0) is 6.54 Å². The zero-order valence-corrected chi connectivity index (χ0v) is 12.8. The number of carboxylic acids is 1. The lowest BCUT2D eigenvalue weighted by atomic mass is 10.1. The number of nitrogens with one attached hydrogen (secondary N) is 1. The van der Waals surface area contributed by atoms with Crippen molar-refractivity contribution in [3.05, 3.63) is 35.4 Å². The minimum absolute atomic E-state index is 0.158. The van der Waals surface area contributed by atoms with Crippen LogP contribution in [0.25, 0.3) is 0 Å². The first-order valence-electron chi connectivity index (χ1n) is 6.86. The summed E-state index contributed by atoms with van der Waals surface area (Å²) < 4.78 is 0. The van der Waals surface area contributed by atoms with E-state index < -0.39 is 5.97 Å². The van der Waals surface area contributed by atoms with Gasteiger partial charge >= 0.3 is 12.0 Å². The van der Waals surface area contributed by atoms with Crippen molar-refractivity contribution in [2.24, 2.45) is 0 Å². The second kappa shape index (κ2) is 8.26. The SMILES string of the molecule is CN(C)CCCN(C)C(=O)NCc1cccc(C(=O)O)c1. The Morgan fingerprint density at radius 3 is 2.52 bits per heavy atom. The molecule has 0 saturated carbocycles. The normalized spacial score (nSPS) is 10.5. The highest BCUT2D eigenvalue weighted by molar-refractivity contribution is 5.87. The van der Waals surface area contributed by atoms with Gasteiger partial charge in [0.05, 0.1) is 5.56 Å². The van der Waals surface area contributed by atoms with E-state index in [1.165, 1.54) is 6.07 Å². The second-order valence-corrected chi connectivity index (χ2v) is 5.24. The van der Waals surface area contributed by atoms with Crippen molar-refractivity contribution in [2.75, 3.05) is 34.2 Å². The molecule has 0 bridgehead atoms. The van der Waals surface area contributed by atoms with Gasteiger partial charge in [0.1, 0.15) is 0 Å². The molecule has 0 aliphatic carbocycles. The molecule has 116 valence electrons. The van der Waals surface area contributed by atoms with Gasteiger partial charge in [0.25, 0.3) is 0 Å². The quantitative estimate of drug-likeness (QED) is 0.798. The third-order valence-electron chi connectivity index (χ3n) is 3.06. The van der Waals surface area contributed by atoms with Crippen molar-refractivity contribution in [2.45, 2.75) is 13.0 Å². The molecule has 1 aromatic carbocycles. The molecule has 0 aliphatic heterocycles. The minimum atomic E-state index is -0.969. The number of nitrogens with zero attached hydrogens (tertiary/aromatic N) is 2. The van der Waals surface area contributed by atoms with Crippen molar-refractivity contribution in [1.29, 1.82) is 0 Å². The summed E-state index contributed by atoms with van der Waals surface area (Å²) in [6.45, 7) is 1.93. The van der Waals surface area contributed by atoms with E-state index >= 15 is 0 Å². The number of carbonyl (C=O) groups is 2. The first-order valence-corrected chi connectivity index (χ1v) is 6.86. The molecule has 0 unspecified atom stereocenters. The average Bonchev–Trinajstić information content (AvgIpc) is 2.44. The Bertz CT molecular complexity index is 489. The largest absolute Gasteiger partial charge is 0.478 e. The highest BCUT2D eigenvalue weighted by Gasteiger charge is 2.08. The molecular formula is C15H23N3O3. The molecule has 21 heavy (non-hydrogen) atoms. The summed E-state index contributed by atoms with van der Waals surface area (Å²) in [5.41, 5.74) is 0.992.